The van der Waals surface area contributed by atoms with Gasteiger partial charge in [-0.2, -0.15) is 0 Å². The predicted molar refractivity (Wildman–Crippen MR) is 94.8 cm³/mol. The third-order valence-corrected chi connectivity index (χ3v) is 3.97. The van der Waals surface area contributed by atoms with E-state index in [0.717, 1.165) is 6.42 Å². The highest BCUT2D eigenvalue weighted by atomic mass is 35.5. The second-order valence-electron chi connectivity index (χ2n) is 6.45. The van der Waals surface area contributed by atoms with Gasteiger partial charge in [0.2, 0.25) is 5.91 Å². The van der Waals surface area contributed by atoms with Gasteiger partial charge in [0, 0.05) is 23.7 Å². The molecular formula is C17H26ClN3O2. The molecule has 0 fully saturated rings. The largest absolute Gasteiger partial charge is 0.347 e. The highest BCUT2D eigenvalue weighted by Gasteiger charge is 2.20. The van der Waals surface area contributed by atoms with E-state index in [1.807, 2.05) is 27.7 Å². The number of anilines is 1. The molecule has 4 N–H and O–H groups in total. The number of carbonyl (C=O) groups is 2. The van der Waals surface area contributed by atoms with Crippen LogP contribution in [0, 0.1) is 0 Å². The van der Waals surface area contributed by atoms with Gasteiger partial charge in [-0.3, -0.25) is 9.59 Å². The van der Waals surface area contributed by atoms with Gasteiger partial charge in [0.25, 0.3) is 5.91 Å². The lowest BCUT2D eigenvalue weighted by atomic mass is 10.0. The van der Waals surface area contributed by atoms with E-state index >= 15 is 0 Å². The zero-order valence-electron chi connectivity index (χ0n) is 14.2. The van der Waals surface area contributed by atoms with Crippen LogP contribution in [0.5, 0.6) is 0 Å². The van der Waals surface area contributed by atoms with Gasteiger partial charge < -0.3 is 16.4 Å². The molecule has 1 atom stereocenters. The molecule has 0 bridgehead atoms. The van der Waals surface area contributed by atoms with Gasteiger partial charge in [-0.05, 0) is 51.8 Å². The maximum absolute atomic E-state index is 12.3. The summed E-state index contributed by atoms with van der Waals surface area (Å²) in [6.07, 6.45) is 1.78. The van der Waals surface area contributed by atoms with E-state index in [0.29, 0.717) is 29.1 Å². The van der Waals surface area contributed by atoms with Gasteiger partial charge in [-0.15, -0.1) is 0 Å². The molecule has 0 heterocycles. The molecule has 0 radical (unpaired) electrons. The van der Waals surface area contributed by atoms with Gasteiger partial charge in [-0.1, -0.05) is 18.5 Å². The van der Waals surface area contributed by atoms with Crippen molar-refractivity contribution in [3.63, 3.8) is 0 Å². The van der Waals surface area contributed by atoms with Crippen LogP contribution in [-0.2, 0) is 4.79 Å². The lowest BCUT2D eigenvalue weighted by Crippen LogP contribution is -2.42. The third-order valence-electron chi connectivity index (χ3n) is 3.66. The fourth-order valence-electron chi connectivity index (χ4n) is 1.82. The zero-order chi connectivity index (χ0) is 17.6. The highest BCUT2D eigenvalue weighted by Crippen LogP contribution is 2.22. The molecule has 128 valence electrons. The Bertz CT molecular complexity index is 571. The average molecular weight is 340 g/mol. The van der Waals surface area contributed by atoms with Crippen molar-refractivity contribution < 1.29 is 9.59 Å². The van der Waals surface area contributed by atoms with Crippen LogP contribution in [-0.4, -0.2) is 23.4 Å². The average Bonchev–Trinajstić information content (AvgIpc) is 2.44. The lowest BCUT2D eigenvalue weighted by molar-refractivity contribution is -0.116. The number of hydrogen-bond donors (Lipinski definition) is 3. The molecule has 1 aromatic carbocycles. The Morgan fingerprint density at radius 3 is 2.52 bits per heavy atom. The van der Waals surface area contributed by atoms with Crippen molar-refractivity contribution in [2.24, 2.45) is 5.73 Å². The minimum absolute atomic E-state index is 0.0164. The summed E-state index contributed by atoms with van der Waals surface area (Å²) in [5.74, 6) is -0.348. The van der Waals surface area contributed by atoms with Crippen LogP contribution in [0.15, 0.2) is 18.2 Å². The van der Waals surface area contributed by atoms with Gasteiger partial charge in [-0.25, -0.2) is 0 Å². The molecular weight excluding hydrogens is 314 g/mol. The molecule has 0 saturated carbocycles. The van der Waals surface area contributed by atoms with E-state index in [-0.39, 0.29) is 23.4 Å². The Morgan fingerprint density at radius 1 is 1.35 bits per heavy atom. The topological polar surface area (TPSA) is 84.2 Å². The van der Waals surface area contributed by atoms with Gasteiger partial charge in [0.15, 0.2) is 0 Å². The van der Waals surface area contributed by atoms with Crippen LogP contribution in [0.1, 0.15) is 57.3 Å². The fourth-order valence-corrected chi connectivity index (χ4v) is 2.09. The molecule has 2 amide bonds. The molecule has 0 aliphatic heterocycles. The Labute approximate surface area is 143 Å². The number of nitrogens with two attached hydrogens (primary N) is 1. The minimum atomic E-state index is -0.299. The lowest BCUT2D eigenvalue weighted by Gasteiger charge is -2.24. The van der Waals surface area contributed by atoms with Gasteiger partial charge in [0.05, 0.1) is 10.6 Å². The van der Waals surface area contributed by atoms with Crippen molar-refractivity contribution in [2.75, 3.05) is 5.32 Å². The Morgan fingerprint density at radius 2 is 2.00 bits per heavy atom. The summed E-state index contributed by atoms with van der Waals surface area (Å²) in [7, 11) is 0. The maximum Gasteiger partial charge on any atom is 0.253 e. The summed E-state index contributed by atoms with van der Waals surface area (Å²) in [6.45, 7) is 7.76. The first-order valence-corrected chi connectivity index (χ1v) is 8.20. The van der Waals surface area contributed by atoms with Crippen LogP contribution in [0.25, 0.3) is 0 Å². The maximum atomic E-state index is 12.3. The first-order chi connectivity index (χ1) is 10.6. The number of carbonyl (C=O) groups excluding carboxylic acids is 2. The number of hydrogen-bond acceptors (Lipinski definition) is 3. The number of amides is 2. The summed E-state index contributed by atoms with van der Waals surface area (Å²) in [4.78, 5) is 24.0. The zero-order valence-corrected chi connectivity index (χ0v) is 15.0. The fraction of sp³-hybridized carbons (Fsp3) is 0.529. The molecule has 0 aliphatic rings. The number of halogens is 1. The van der Waals surface area contributed by atoms with Crippen molar-refractivity contribution in [1.29, 1.82) is 0 Å². The molecule has 0 saturated heterocycles. The van der Waals surface area contributed by atoms with Crippen LogP contribution >= 0.6 is 11.6 Å². The smallest absolute Gasteiger partial charge is 0.253 e. The number of benzene rings is 1. The summed E-state index contributed by atoms with van der Waals surface area (Å²) in [6, 6.07) is 4.85. The Hall–Kier alpha value is -1.59. The standard InChI is InChI=1S/C17H26ClN3O2/c1-5-17(3,4)21-16(23)13-8-7-12(10-14(13)18)20-15(22)9-6-11(2)19/h7-8,10-11H,5-6,9,19H2,1-4H3,(H,20,22)(H,21,23). The number of nitrogens with one attached hydrogen (secondary N) is 2. The molecule has 0 spiro atoms. The molecule has 1 unspecified atom stereocenters. The molecule has 6 heteroatoms. The van der Waals surface area contributed by atoms with Crippen LogP contribution in [0.3, 0.4) is 0 Å². The molecule has 0 aliphatic carbocycles. The summed E-state index contributed by atoms with van der Waals surface area (Å²) < 4.78 is 0. The van der Waals surface area contributed by atoms with Crippen LogP contribution < -0.4 is 16.4 Å². The van der Waals surface area contributed by atoms with Crippen molar-refractivity contribution in [3.05, 3.63) is 28.8 Å². The normalized spacial score (nSPS) is 12.6. The summed E-state index contributed by atoms with van der Waals surface area (Å²) >= 11 is 6.18. The second-order valence-corrected chi connectivity index (χ2v) is 6.86. The quantitative estimate of drug-likeness (QED) is 0.712. The minimum Gasteiger partial charge on any atom is -0.347 e. The SMILES string of the molecule is CCC(C)(C)NC(=O)c1ccc(NC(=O)CCC(C)N)cc1Cl. The van der Waals surface area contributed by atoms with Gasteiger partial charge in [0.1, 0.15) is 0 Å². The highest BCUT2D eigenvalue weighted by molar-refractivity contribution is 6.34. The first-order valence-electron chi connectivity index (χ1n) is 7.82. The van der Waals surface area contributed by atoms with Crippen molar-refractivity contribution in [3.8, 4) is 0 Å². The summed E-state index contributed by atoms with van der Waals surface area (Å²) in [5, 5.41) is 5.99. The van der Waals surface area contributed by atoms with Crippen LogP contribution in [0.2, 0.25) is 5.02 Å². The second kappa shape index (κ2) is 8.31. The Balaban J connectivity index is 2.74. The first kappa shape index (κ1) is 19.5. The van der Waals surface area contributed by atoms with Gasteiger partial charge >= 0.3 is 0 Å². The molecule has 0 aromatic heterocycles. The third kappa shape index (κ3) is 6.59. The van der Waals surface area contributed by atoms with E-state index in [2.05, 4.69) is 10.6 Å². The van der Waals surface area contributed by atoms with Crippen molar-refractivity contribution >= 4 is 29.1 Å². The van der Waals surface area contributed by atoms with Crippen molar-refractivity contribution in [2.45, 2.75) is 58.5 Å². The van der Waals surface area contributed by atoms with E-state index in [9.17, 15) is 9.59 Å². The molecule has 1 rings (SSSR count). The van der Waals surface area contributed by atoms with E-state index in [4.69, 9.17) is 17.3 Å². The van der Waals surface area contributed by atoms with Crippen LogP contribution in [0.4, 0.5) is 5.69 Å². The molecule has 5 nitrogen and oxygen atoms in total. The number of rotatable bonds is 7. The monoisotopic (exact) mass is 339 g/mol. The molecule has 23 heavy (non-hydrogen) atoms. The molecule has 1 aromatic rings. The van der Waals surface area contributed by atoms with E-state index in [1.165, 1.54) is 0 Å². The summed E-state index contributed by atoms with van der Waals surface area (Å²) in [5.41, 5.74) is 6.28. The Kier molecular flexibility index (Phi) is 7.03. The van der Waals surface area contributed by atoms with Crippen molar-refractivity contribution in [1.82, 2.24) is 5.32 Å². The van der Waals surface area contributed by atoms with E-state index in [1.54, 1.807) is 18.2 Å². The predicted octanol–water partition coefficient (Wildman–Crippen LogP) is 3.32. The van der Waals surface area contributed by atoms with E-state index < -0.39 is 0 Å².